The summed E-state index contributed by atoms with van der Waals surface area (Å²) in [4.78, 5) is 11.1. The molecule has 1 aliphatic heterocycles. The highest BCUT2D eigenvalue weighted by Crippen LogP contribution is 2.41. The Kier molecular flexibility index (Phi) is 7.79. The summed E-state index contributed by atoms with van der Waals surface area (Å²) >= 11 is 0. The number of fused-ring (bicyclic) bond motifs is 1. The number of anilines is 2. The monoisotopic (exact) mass is 606 g/mol. The third-order valence-corrected chi connectivity index (χ3v) is 7.98. The van der Waals surface area contributed by atoms with E-state index >= 15 is 0 Å². The number of allylic oxidation sites excluding steroid dienone is 2. The number of aromatic nitrogens is 2. The number of benzene rings is 3. The number of hydrogen-bond acceptors (Lipinski definition) is 7. The molecule has 1 saturated heterocycles. The van der Waals surface area contributed by atoms with Crippen molar-refractivity contribution in [1.29, 1.82) is 0 Å². The number of nitrogens with zero attached hydrogens (tertiary/aromatic N) is 3. The van der Waals surface area contributed by atoms with E-state index in [4.69, 9.17) is 14.2 Å². The fourth-order valence-corrected chi connectivity index (χ4v) is 5.49. The maximum Gasteiger partial charge on any atom is 0.419 e. The minimum atomic E-state index is -4.83. The lowest BCUT2D eigenvalue weighted by atomic mass is 9.89. The van der Waals surface area contributed by atoms with Gasteiger partial charge in [-0.15, -0.1) is 0 Å². The van der Waals surface area contributed by atoms with Crippen LogP contribution in [-0.4, -0.2) is 48.3 Å². The summed E-state index contributed by atoms with van der Waals surface area (Å²) in [6, 6.07) is 11.3. The van der Waals surface area contributed by atoms with Crippen molar-refractivity contribution in [3.8, 4) is 28.4 Å². The first-order chi connectivity index (χ1) is 21.2. The molecule has 4 aromatic rings. The summed E-state index contributed by atoms with van der Waals surface area (Å²) in [6.07, 6.45) is 1.85. The van der Waals surface area contributed by atoms with Crippen LogP contribution in [0.4, 0.5) is 29.1 Å². The normalized spacial score (nSPS) is 15.0. The molecule has 7 nitrogen and oxygen atoms in total. The predicted molar refractivity (Wildman–Crippen MR) is 160 cm³/mol. The van der Waals surface area contributed by atoms with Crippen LogP contribution in [0.15, 0.2) is 78.8 Å². The van der Waals surface area contributed by atoms with Crippen molar-refractivity contribution >= 4 is 22.4 Å². The lowest BCUT2D eigenvalue weighted by molar-refractivity contribution is -0.139. The van der Waals surface area contributed by atoms with Crippen LogP contribution in [0.3, 0.4) is 0 Å². The average Bonchev–Trinajstić information content (AvgIpc) is 2.96. The maximum absolute atomic E-state index is 15.0. The summed E-state index contributed by atoms with van der Waals surface area (Å²) in [5.74, 6) is 0.454. The molecule has 44 heavy (non-hydrogen) atoms. The number of hydrogen-bond donors (Lipinski definition) is 1. The second kappa shape index (κ2) is 11.7. The Morgan fingerprint density at radius 1 is 1.00 bits per heavy atom. The minimum absolute atomic E-state index is 0.0582. The number of halogens is 4. The van der Waals surface area contributed by atoms with Gasteiger partial charge < -0.3 is 24.4 Å². The Labute approximate surface area is 251 Å². The van der Waals surface area contributed by atoms with Gasteiger partial charge in [-0.05, 0) is 60.7 Å². The molecule has 1 N–H and O–H groups in total. The van der Waals surface area contributed by atoms with Gasteiger partial charge in [-0.25, -0.2) is 14.4 Å². The van der Waals surface area contributed by atoms with Crippen molar-refractivity contribution < 1.29 is 31.8 Å². The van der Waals surface area contributed by atoms with Gasteiger partial charge in [0.2, 0.25) is 0 Å². The van der Waals surface area contributed by atoms with E-state index in [1.54, 1.807) is 25.3 Å². The van der Waals surface area contributed by atoms with Crippen molar-refractivity contribution in [3.63, 3.8) is 0 Å². The summed E-state index contributed by atoms with van der Waals surface area (Å²) in [5, 5.41) is 3.81. The summed E-state index contributed by atoms with van der Waals surface area (Å²) in [6.45, 7) is 5.42. The fraction of sp³-hybridized carbons (Fsp3) is 0.273. The molecule has 1 aliphatic carbocycles. The van der Waals surface area contributed by atoms with Crippen LogP contribution in [0.5, 0.6) is 17.2 Å². The van der Waals surface area contributed by atoms with Gasteiger partial charge >= 0.3 is 6.18 Å². The number of ether oxygens (including phenoxy) is 3. The Hall–Kier alpha value is -4.80. The molecule has 6 rings (SSSR count). The molecule has 228 valence electrons. The van der Waals surface area contributed by atoms with Gasteiger partial charge in [0.05, 0.1) is 44.1 Å². The molecule has 0 amide bonds. The molecule has 2 fully saturated rings. The van der Waals surface area contributed by atoms with E-state index in [0.29, 0.717) is 45.7 Å². The van der Waals surface area contributed by atoms with Crippen molar-refractivity contribution in [2.75, 3.05) is 32.6 Å². The first-order valence-electron chi connectivity index (χ1n) is 14.1. The summed E-state index contributed by atoms with van der Waals surface area (Å²) < 4.78 is 72.6. The molecule has 1 saturated carbocycles. The zero-order valence-corrected chi connectivity index (χ0v) is 24.2. The van der Waals surface area contributed by atoms with E-state index in [-0.39, 0.29) is 17.2 Å². The Morgan fingerprint density at radius 3 is 2.43 bits per heavy atom. The fourth-order valence-electron chi connectivity index (χ4n) is 5.49. The van der Waals surface area contributed by atoms with Gasteiger partial charge in [-0.3, -0.25) is 0 Å². The van der Waals surface area contributed by atoms with Crippen molar-refractivity contribution in [3.05, 3.63) is 90.2 Å². The average molecular weight is 607 g/mol. The molecular formula is C33H30F4N4O3. The quantitative estimate of drug-likeness (QED) is 0.194. The standard InChI is InChI=1S/C33H30F4N4O3/c1-4-27(19-7-5-8-19)41-16-21(17-41)44-30-14-23-25(15-29(30)43-3)38-18-39-32(23)40-26-13-20(11-12-28(26)42-2)22-9-6-10-24(31(22)34)33(35,36)37/h4,6,9-15,18,21H,1,5,7-8,16-17H2,2-3H3,(H,38,39,40). The van der Waals surface area contributed by atoms with Gasteiger partial charge in [-0.2, -0.15) is 13.2 Å². The second-order valence-electron chi connectivity index (χ2n) is 10.6. The maximum atomic E-state index is 15.0. The highest BCUT2D eigenvalue weighted by atomic mass is 19.4. The SMILES string of the molecule is C=CC(=C1CCC1)N1CC(Oc2cc3c(Nc4cc(-c5cccc(C(F)(F)F)c5F)ccc4OC)ncnc3cc2OC)C1. The first-order valence-corrected chi connectivity index (χ1v) is 14.1. The van der Waals surface area contributed by atoms with Gasteiger partial charge in [0.25, 0.3) is 0 Å². The van der Waals surface area contributed by atoms with Gasteiger partial charge in [0.15, 0.2) is 11.5 Å². The third kappa shape index (κ3) is 5.49. The molecule has 1 aromatic heterocycles. The molecule has 0 unspecified atom stereocenters. The van der Waals surface area contributed by atoms with E-state index in [9.17, 15) is 17.6 Å². The van der Waals surface area contributed by atoms with E-state index in [0.717, 1.165) is 25.9 Å². The van der Waals surface area contributed by atoms with Crippen molar-refractivity contribution in [2.45, 2.75) is 31.5 Å². The summed E-state index contributed by atoms with van der Waals surface area (Å²) in [5.41, 5.74) is 2.28. The molecule has 11 heteroatoms. The second-order valence-corrected chi connectivity index (χ2v) is 10.6. The lowest BCUT2D eigenvalue weighted by Gasteiger charge is -2.43. The van der Waals surface area contributed by atoms with E-state index < -0.39 is 17.6 Å². The Bertz CT molecular complexity index is 1760. The molecule has 0 radical (unpaired) electrons. The predicted octanol–water partition coefficient (Wildman–Crippen LogP) is 7.90. The smallest absolute Gasteiger partial charge is 0.419 e. The van der Waals surface area contributed by atoms with Gasteiger partial charge in [-0.1, -0.05) is 24.8 Å². The minimum Gasteiger partial charge on any atom is -0.495 e. The molecule has 0 spiro atoms. The number of nitrogens with one attached hydrogen (secondary N) is 1. The van der Waals surface area contributed by atoms with Crippen LogP contribution >= 0.6 is 0 Å². The lowest BCUT2D eigenvalue weighted by Crippen LogP contribution is -2.53. The number of rotatable bonds is 9. The first kappa shape index (κ1) is 29.3. The van der Waals surface area contributed by atoms with Crippen LogP contribution in [0.25, 0.3) is 22.0 Å². The number of methoxy groups -OCH3 is 2. The van der Waals surface area contributed by atoms with Gasteiger partial charge in [0, 0.05) is 22.7 Å². The number of likely N-dealkylation sites (tertiary alicyclic amines) is 1. The van der Waals surface area contributed by atoms with Crippen LogP contribution in [-0.2, 0) is 6.18 Å². The largest absolute Gasteiger partial charge is 0.495 e. The van der Waals surface area contributed by atoms with E-state index in [2.05, 4.69) is 26.8 Å². The van der Waals surface area contributed by atoms with Gasteiger partial charge in [0.1, 0.15) is 29.8 Å². The molecular weight excluding hydrogens is 576 g/mol. The van der Waals surface area contributed by atoms with E-state index in [1.165, 1.54) is 55.4 Å². The van der Waals surface area contributed by atoms with Crippen LogP contribution in [0, 0.1) is 5.82 Å². The Morgan fingerprint density at radius 2 is 1.77 bits per heavy atom. The molecule has 0 atom stereocenters. The van der Waals surface area contributed by atoms with Crippen molar-refractivity contribution in [2.24, 2.45) is 0 Å². The number of alkyl halides is 3. The van der Waals surface area contributed by atoms with Crippen LogP contribution in [0.1, 0.15) is 24.8 Å². The third-order valence-electron chi connectivity index (χ3n) is 7.98. The zero-order valence-electron chi connectivity index (χ0n) is 24.2. The summed E-state index contributed by atoms with van der Waals surface area (Å²) in [7, 11) is 3.02. The highest BCUT2D eigenvalue weighted by molar-refractivity contribution is 5.94. The highest BCUT2D eigenvalue weighted by Gasteiger charge is 2.35. The molecule has 0 bridgehead atoms. The molecule has 2 heterocycles. The molecule has 3 aromatic carbocycles. The molecule has 2 aliphatic rings. The van der Waals surface area contributed by atoms with Crippen molar-refractivity contribution in [1.82, 2.24) is 14.9 Å². The van der Waals surface area contributed by atoms with E-state index in [1.807, 2.05) is 6.08 Å². The topological polar surface area (TPSA) is 68.7 Å². The van der Waals surface area contributed by atoms with Crippen LogP contribution < -0.4 is 19.5 Å². The van der Waals surface area contributed by atoms with Crippen LogP contribution in [0.2, 0.25) is 0 Å². The Balaban J connectivity index is 1.31. The zero-order chi connectivity index (χ0) is 31.0.